The van der Waals surface area contributed by atoms with E-state index in [0.717, 1.165) is 11.4 Å². The van der Waals surface area contributed by atoms with E-state index in [2.05, 4.69) is 15.1 Å². The summed E-state index contributed by atoms with van der Waals surface area (Å²) in [5.74, 6) is 0.660. The van der Waals surface area contributed by atoms with Gasteiger partial charge in [0.1, 0.15) is 5.82 Å². The minimum absolute atomic E-state index is 0.163. The Bertz CT molecular complexity index is 816. The Morgan fingerprint density at radius 1 is 1.33 bits per heavy atom. The number of H-pyrrole nitrogens is 1. The first-order valence-electron chi connectivity index (χ1n) is 7.82. The zero-order valence-electron chi connectivity index (χ0n) is 14.6. The van der Waals surface area contributed by atoms with E-state index in [1.54, 1.807) is 27.3 Å². The summed E-state index contributed by atoms with van der Waals surface area (Å²) in [6.45, 7) is 5.88. The lowest BCUT2D eigenvalue weighted by molar-refractivity contribution is 0.114. The second kappa shape index (κ2) is 5.98. The topological polar surface area (TPSA) is 93.1 Å². The highest BCUT2D eigenvalue weighted by Crippen LogP contribution is 2.37. The summed E-state index contributed by atoms with van der Waals surface area (Å²) < 4.78 is 34.8. The number of aromatic nitrogens is 4. The van der Waals surface area contributed by atoms with Crippen LogP contribution >= 0.6 is 0 Å². The van der Waals surface area contributed by atoms with Gasteiger partial charge in [0.15, 0.2) is 5.03 Å². The molecule has 24 heavy (non-hydrogen) atoms. The molecule has 0 aliphatic carbocycles. The molecule has 0 aromatic carbocycles. The van der Waals surface area contributed by atoms with Crippen LogP contribution in [-0.4, -0.2) is 52.2 Å². The molecule has 0 radical (unpaired) electrons. The zero-order chi connectivity index (χ0) is 17.6. The van der Waals surface area contributed by atoms with Gasteiger partial charge < -0.3 is 9.72 Å². The van der Waals surface area contributed by atoms with Crippen LogP contribution in [0.25, 0.3) is 0 Å². The third-order valence-electron chi connectivity index (χ3n) is 4.62. The number of ether oxygens (including phenoxy) is 1. The number of rotatable bonds is 4. The second-order valence-corrected chi connectivity index (χ2v) is 8.08. The molecule has 0 amide bonds. The van der Waals surface area contributed by atoms with E-state index in [0.29, 0.717) is 24.4 Å². The van der Waals surface area contributed by atoms with Crippen LogP contribution < -0.4 is 0 Å². The van der Waals surface area contributed by atoms with Gasteiger partial charge in [-0.25, -0.2) is 13.4 Å². The fourth-order valence-electron chi connectivity index (χ4n) is 3.20. The molecule has 1 N–H and O–H groups in total. The number of aromatic amines is 1. The van der Waals surface area contributed by atoms with Crippen molar-refractivity contribution < 1.29 is 13.2 Å². The maximum atomic E-state index is 13.2. The predicted octanol–water partition coefficient (Wildman–Crippen LogP) is 1.22. The fourth-order valence-corrected chi connectivity index (χ4v) is 5.15. The van der Waals surface area contributed by atoms with E-state index in [9.17, 15) is 8.42 Å². The quantitative estimate of drug-likeness (QED) is 0.892. The molecule has 3 rings (SSSR count). The Balaban J connectivity index is 2.06. The van der Waals surface area contributed by atoms with Crippen molar-refractivity contribution in [1.29, 1.82) is 0 Å². The van der Waals surface area contributed by atoms with Crippen molar-refractivity contribution in [2.75, 3.05) is 13.7 Å². The Morgan fingerprint density at radius 3 is 2.54 bits per heavy atom. The van der Waals surface area contributed by atoms with E-state index in [1.807, 2.05) is 13.8 Å². The van der Waals surface area contributed by atoms with Gasteiger partial charge in [-0.3, -0.25) is 4.68 Å². The van der Waals surface area contributed by atoms with Crippen LogP contribution in [0.15, 0.2) is 11.2 Å². The molecule has 0 spiro atoms. The van der Waals surface area contributed by atoms with Gasteiger partial charge in [0, 0.05) is 32.0 Å². The van der Waals surface area contributed by atoms with Crippen molar-refractivity contribution in [2.45, 2.75) is 44.4 Å². The van der Waals surface area contributed by atoms with Crippen LogP contribution in [0.1, 0.15) is 35.2 Å². The van der Waals surface area contributed by atoms with Crippen molar-refractivity contribution in [3.8, 4) is 0 Å². The molecule has 0 saturated carbocycles. The third-order valence-corrected chi connectivity index (χ3v) is 6.72. The maximum Gasteiger partial charge on any atom is 0.261 e. The summed E-state index contributed by atoms with van der Waals surface area (Å²) in [4.78, 5) is 7.72. The lowest BCUT2D eigenvalue weighted by Crippen LogP contribution is -2.34. The van der Waals surface area contributed by atoms with Crippen molar-refractivity contribution in [1.82, 2.24) is 24.1 Å². The molecule has 0 unspecified atom stereocenters. The first kappa shape index (κ1) is 17.1. The molecule has 3 heterocycles. The first-order valence-corrected chi connectivity index (χ1v) is 9.26. The minimum atomic E-state index is -3.71. The Morgan fingerprint density at radius 2 is 2.04 bits per heavy atom. The third kappa shape index (κ3) is 2.66. The molecule has 2 aromatic rings. The maximum absolute atomic E-state index is 13.2. The summed E-state index contributed by atoms with van der Waals surface area (Å²) in [6.07, 6.45) is 1.97. The van der Waals surface area contributed by atoms with Crippen LogP contribution in [0.5, 0.6) is 0 Å². The fraction of sp³-hybridized carbons (Fsp3) is 0.600. The van der Waals surface area contributed by atoms with E-state index in [4.69, 9.17) is 4.74 Å². The molecule has 9 heteroatoms. The van der Waals surface area contributed by atoms with Crippen molar-refractivity contribution in [3.63, 3.8) is 0 Å². The summed E-state index contributed by atoms with van der Waals surface area (Å²) >= 11 is 0. The molecular weight excluding hydrogens is 330 g/mol. The summed E-state index contributed by atoms with van der Waals surface area (Å²) in [5.41, 5.74) is 2.45. The average Bonchev–Trinajstić information content (AvgIpc) is 3.18. The molecule has 1 aliphatic heterocycles. The molecule has 2 aromatic heterocycles. The van der Waals surface area contributed by atoms with Gasteiger partial charge in [0.05, 0.1) is 24.0 Å². The lowest BCUT2D eigenvalue weighted by Gasteiger charge is -2.22. The highest BCUT2D eigenvalue weighted by molar-refractivity contribution is 7.89. The minimum Gasteiger partial charge on any atom is -0.380 e. The van der Waals surface area contributed by atoms with E-state index in [-0.39, 0.29) is 17.2 Å². The number of hydrogen-bond donors (Lipinski definition) is 1. The molecule has 8 nitrogen and oxygen atoms in total. The lowest BCUT2D eigenvalue weighted by atomic mass is 10.2. The highest BCUT2D eigenvalue weighted by atomic mass is 32.2. The van der Waals surface area contributed by atoms with Gasteiger partial charge in [-0.2, -0.15) is 9.40 Å². The number of sulfonamides is 1. The number of nitrogens with zero attached hydrogens (tertiary/aromatic N) is 4. The van der Waals surface area contributed by atoms with Crippen LogP contribution in [0, 0.1) is 20.8 Å². The Kier molecular flexibility index (Phi) is 4.27. The second-order valence-electron chi connectivity index (χ2n) is 6.27. The monoisotopic (exact) mass is 353 g/mol. The number of imidazole rings is 1. The molecule has 0 bridgehead atoms. The smallest absolute Gasteiger partial charge is 0.261 e. The van der Waals surface area contributed by atoms with Gasteiger partial charge >= 0.3 is 0 Å². The van der Waals surface area contributed by atoms with Crippen LogP contribution in [0.2, 0.25) is 0 Å². The van der Waals surface area contributed by atoms with Crippen LogP contribution in [-0.2, 0) is 21.8 Å². The van der Waals surface area contributed by atoms with E-state index >= 15 is 0 Å². The summed E-state index contributed by atoms with van der Waals surface area (Å²) in [7, 11) is -0.465. The van der Waals surface area contributed by atoms with Crippen molar-refractivity contribution in [3.05, 3.63) is 29.0 Å². The first-order chi connectivity index (χ1) is 11.3. The van der Waals surface area contributed by atoms with Crippen LogP contribution in [0.4, 0.5) is 0 Å². The molecule has 1 fully saturated rings. The van der Waals surface area contributed by atoms with Crippen LogP contribution in [0.3, 0.4) is 0 Å². The molecule has 132 valence electrons. The molecular formula is C15H23N5O3S. The van der Waals surface area contributed by atoms with E-state index < -0.39 is 10.0 Å². The van der Waals surface area contributed by atoms with Gasteiger partial charge in [-0.05, 0) is 27.2 Å². The highest BCUT2D eigenvalue weighted by Gasteiger charge is 2.44. The molecule has 2 atom stereocenters. The zero-order valence-corrected chi connectivity index (χ0v) is 15.4. The van der Waals surface area contributed by atoms with Gasteiger partial charge in [-0.15, -0.1) is 0 Å². The van der Waals surface area contributed by atoms with Gasteiger partial charge in [0.25, 0.3) is 10.0 Å². The largest absolute Gasteiger partial charge is 0.380 e. The molecule has 1 aliphatic rings. The van der Waals surface area contributed by atoms with Crippen molar-refractivity contribution in [2.24, 2.45) is 7.05 Å². The number of aryl methyl sites for hydroxylation is 4. The number of hydrogen-bond acceptors (Lipinski definition) is 5. The normalized spacial score (nSPS) is 22.4. The standard InChI is InChI=1S/C15H23N5O3S/c1-9-7-16-19(4)15(9)24(21,22)20-8-12(23-5)6-13(20)14-17-10(2)11(3)18-14/h7,12-13H,6,8H2,1-5H3,(H,17,18)/t12-,13+/m1/s1. The number of methoxy groups -OCH3 is 1. The Hall–Kier alpha value is -1.71. The Labute approximate surface area is 141 Å². The van der Waals surface area contributed by atoms with Gasteiger partial charge in [0.2, 0.25) is 0 Å². The van der Waals surface area contributed by atoms with E-state index in [1.165, 1.54) is 8.99 Å². The van der Waals surface area contributed by atoms with Crippen molar-refractivity contribution >= 4 is 10.0 Å². The van der Waals surface area contributed by atoms with Gasteiger partial charge in [-0.1, -0.05) is 0 Å². The predicted molar refractivity (Wildman–Crippen MR) is 88.1 cm³/mol. The summed E-state index contributed by atoms with van der Waals surface area (Å²) in [6, 6.07) is -0.373. The SMILES string of the molecule is CO[C@@H]1C[C@@H](c2nc(C)c(C)[nH]2)N(S(=O)(=O)c2c(C)cnn2C)C1. The number of nitrogens with one attached hydrogen (secondary N) is 1. The average molecular weight is 353 g/mol. The summed E-state index contributed by atoms with van der Waals surface area (Å²) in [5, 5.41) is 4.28. The molecule has 1 saturated heterocycles.